The number of amides is 1. The summed E-state index contributed by atoms with van der Waals surface area (Å²) in [6.45, 7) is 3.64. The molecular formula is C17H19NO4. The first-order valence-electron chi connectivity index (χ1n) is 7.11. The van der Waals surface area contributed by atoms with Crippen molar-refractivity contribution in [2.75, 3.05) is 13.2 Å². The molecule has 22 heavy (non-hydrogen) atoms. The number of furan rings is 1. The van der Waals surface area contributed by atoms with Crippen molar-refractivity contribution in [1.29, 1.82) is 0 Å². The van der Waals surface area contributed by atoms with Gasteiger partial charge in [0, 0.05) is 6.54 Å². The molecule has 0 spiro atoms. The molecule has 0 aliphatic carbocycles. The molecule has 0 saturated carbocycles. The molecule has 1 amide bonds. The molecule has 0 saturated heterocycles. The van der Waals surface area contributed by atoms with Gasteiger partial charge in [-0.1, -0.05) is 30.3 Å². The third kappa shape index (κ3) is 4.48. The normalized spacial score (nSPS) is 10.3. The van der Waals surface area contributed by atoms with Crippen LogP contribution in [0.2, 0.25) is 0 Å². The highest BCUT2D eigenvalue weighted by atomic mass is 16.5. The van der Waals surface area contributed by atoms with Crippen LogP contribution < -0.4 is 5.32 Å². The Labute approximate surface area is 129 Å². The molecule has 5 nitrogen and oxygen atoms in total. The van der Waals surface area contributed by atoms with Crippen molar-refractivity contribution in [2.24, 2.45) is 0 Å². The highest BCUT2D eigenvalue weighted by molar-refractivity contribution is 5.92. The molecular weight excluding hydrogens is 282 g/mol. The number of esters is 1. The second kappa shape index (κ2) is 7.45. The maximum atomic E-state index is 11.8. The van der Waals surface area contributed by atoms with Gasteiger partial charge in [-0.2, -0.15) is 0 Å². The summed E-state index contributed by atoms with van der Waals surface area (Å²) in [5.74, 6) is 0.262. The lowest BCUT2D eigenvalue weighted by atomic mass is 10.1. The van der Waals surface area contributed by atoms with Gasteiger partial charge in [-0.15, -0.1) is 0 Å². The van der Waals surface area contributed by atoms with Crippen LogP contribution in [-0.2, 0) is 16.0 Å². The van der Waals surface area contributed by atoms with Gasteiger partial charge in [0.05, 0.1) is 0 Å². The third-order valence-corrected chi connectivity index (χ3v) is 3.17. The SMILES string of the molecule is Cc1cc(C(=O)OCC(=O)NCCc2ccccc2)c(C)o1. The van der Waals surface area contributed by atoms with Crippen molar-refractivity contribution in [2.45, 2.75) is 20.3 Å². The minimum absolute atomic E-state index is 0.294. The van der Waals surface area contributed by atoms with Crippen molar-refractivity contribution in [3.63, 3.8) is 0 Å². The van der Waals surface area contributed by atoms with E-state index in [-0.39, 0.29) is 12.5 Å². The summed E-state index contributed by atoms with van der Waals surface area (Å²) in [5, 5.41) is 2.72. The zero-order chi connectivity index (χ0) is 15.9. The largest absolute Gasteiger partial charge is 0.466 e. The van der Waals surface area contributed by atoms with Crippen LogP contribution in [0, 0.1) is 13.8 Å². The maximum absolute atomic E-state index is 11.8. The van der Waals surface area contributed by atoms with Gasteiger partial charge in [-0.25, -0.2) is 4.79 Å². The first-order valence-corrected chi connectivity index (χ1v) is 7.11. The van der Waals surface area contributed by atoms with Crippen molar-refractivity contribution in [3.8, 4) is 0 Å². The van der Waals surface area contributed by atoms with E-state index in [1.165, 1.54) is 0 Å². The molecule has 116 valence electrons. The first kappa shape index (κ1) is 15.8. The highest BCUT2D eigenvalue weighted by Gasteiger charge is 2.16. The monoisotopic (exact) mass is 301 g/mol. The summed E-state index contributed by atoms with van der Waals surface area (Å²) in [6.07, 6.45) is 0.737. The summed E-state index contributed by atoms with van der Waals surface area (Å²) < 4.78 is 10.2. The lowest BCUT2D eigenvalue weighted by molar-refractivity contribution is -0.124. The molecule has 2 rings (SSSR count). The molecule has 1 aromatic heterocycles. The minimum Gasteiger partial charge on any atom is -0.466 e. The maximum Gasteiger partial charge on any atom is 0.342 e. The Morgan fingerprint density at radius 3 is 2.55 bits per heavy atom. The molecule has 2 aromatic rings. The fourth-order valence-electron chi connectivity index (χ4n) is 2.08. The van der Waals surface area contributed by atoms with E-state index in [4.69, 9.17) is 9.15 Å². The molecule has 1 aromatic carbocycles. The van der Waals surface area contributed by atoms with Crippen LogP contribution in [0.15, 0.2) is 40.8 Å². The molecule has 0 radical (unpaired) electrons. The van der Waals surface area contributed by atoms with Gasteiger partial charge in [-0.05, 0) is 31.9 Å². The van der Waals surface area contributed by atoms with Gasteiger partial charge >= 0.3 is 5.97 Å². The van der Waals surface area contributed by atoms with Crippen LogP contribution >= 0.6 is 0 Å². The van der Waals surface area contributed by atoms with Crippen LogP contribution in [-0.4, -0.2) is 25.0 Å². The fourth-order valence-corrected chi connectivity index (χ4v) is 2.08. The number of carbonyl (C=O) groups is 2. The van der Waals surface area contributed by atoms with Crippen LogP contribution in [0.5, 0.6) is 0 Å². The second-order valence-corrected chi connectivity index (χ2v) is 4.99. The molecule has 0 bridgehead atoms. The van der Waals surface area contributed by atoms with E-state index in [9.17, 15) is 9.59 Å². The van der Waals surface area contributed by atoms with Crippen molar-refractivity contribution in [3.05, 3.63) is 59.0 Å². The van der Waals surface area contributed by atoms with Gasteiger partial charge in [0.1, 0.15) is 17.1 Å². The van der Waals surface area contributed by atoms with E-state index in [2.05, 4.69) is 5.32 Å². The summed E-state index contributed by atoms with van der Waals surface area (Å²) >= 11 is 0. The fraction of sp³-hybridized carbons (Fsp3) is 0.294. The summed E-state index contributed by atoms with van der Waals surface area (Å²) in [7, 11) is 0. The van der Waals surface area contributed by atoms with Gasteiger partial charge in [-0.3, -0.25) is 4.79 Å². The number of benzene rings is 1. The summed E-state index contributed by atoms with van der Waals surface area (Å²) in [6, 6.07) is 11.4. The first-order chi connectivity index (χ1) is 10.6. The van der Waals surface area contributed by atoms with Gasteiger partial charge in [0.2, 0.25) is 0 Å². The zero-order valence-corrected chi connectivity index (χ0v) is 12.7. The summed E-state index contributed by atoms with van der Waals surface area (Å²) in [4.78, 5) is 23.5. The van der Waals surface area contributed by atoms with Gasteiger partial charge in [0.15, 0.2) is 6.61 Å². The lowest BCUT2D eigenvalue weighted by Gasteiger charge is -2.06. The number of hydrogen-bond acceptors (Lipinski definition) is 4. The van der Waals surface area contributed by atoms with E-state index in [0.717, 1.165) is 12.0 Å². The van der Waals surface area contributed by atoms with Crippen molar-refractivity contribution in [1.82, 2.24) is 5.32 Å². The topological polar surface area (TPSA) is 68.5 Å². The lowest BCUT2D eigenvalue weighted by Crippen LogP contribution is -2.30. The van der Waals surface area contributed by atoms with Crippen molar-refractivity contribution >= 4 is 11.9 Å². The molecule has 0 fully saturated rings. The third-order valence-electron chi connectivity index (χ3n) is 3.17. The molecule has 1 N–H and O–H groups in total. The molecule has 5 heteroatoms. The van der Waals surface area contributed by atoms with E-state index in [1.807, 2.05) is 30.3 Å². The number of hydrogen-bond donors (Lipinski definition) is 1. The molecule has 0 atom stereocenters. The van der Waals surface area contributed by atoms with Crippen LogP contribution in [0.3, 0.4) is 0 Å². The smallest absolute Gasteiger partial charge is 0.342 e. The van der Waals surface area contributed by atoms with Crippen LogP contribution in [0.4, 0.5) is 0 Å². The average Bonchev–Trinajstić information content (AvgIpc) is 2.84. The molecule has 0 aliphatic heterocycles. The predicted octanol–water partition coefficient (Wildman–Crippen LogP) is 2.41. The molecule has 0 unspecified atom stereocenters. The average molecular weight is 301 g/mol. The van der Waals surface area contributed by atoms with Crippen LogP contribution in [0.25, 0.3) is 0 Å². The highest BCUT2D eigenvalue weighted by Crippen LogP contribution is 2.14. The summed E-state index contributed by atoms with van der Waals surface area (Å²) in [5.41, 5.74) is 1.50. The number of aryl methyl sites for hydroxylation is 2. The predicted molar refractivity (Wildman–Crippen MR) is 81.6 cm³/mol. The van der Waals surface area contributed by atoms with E-state index < -0.39 is 5.97 Å². The second-order valence-electron chi connectivity index (χ2n) is 4.99. The van der Waals surface area contributed by atoms with Crippen LogP contribution in [0.1, 0.15) is 27.4 Å². The zero-order valence-electron chi connectivity index (χ0n) is 12.7. The van der Waals surface area contributed by atoms with Gasteiger partial charge in [0.25, 0.3) is 5.91 Å². The Bertz CT molecular complexity index is 646. The number of rotatable bonds is 6. The Morgan fingerprint density at radius 2 is 1.91 bits per heavy atom. The molecule has 1 heterocycles. The van der Waals surface area contributed by atoms with E-state index >= 15 is 0 Å². The van der Waals surface area contributed by atoms with E-state index in [1.54, 1.807) is 19.9 Å². The van der Waals surface area contributed by atoms with E-state index in [0.29, 0.717) is 23.6 Å². The quantitative estimate of drug-likeness (QED) is 0.832. The standard InChI is InChI=1S/C17H19NO4/c1-12-10-15(13(2)22-12)17(20)21-11-16(19)18-9-8-14-6-4-3-5-7-14/h3-7,10H,8-9,11H2,1-2H3,(H,18,19). The van der Waals surface area contributed by atoms with Gasteiger partial charge < -0.3 is 14.5 Å². The minimum atomic E-state index is -0.549. The van der Waals surface area contributed by atoms with Crippen molar-refractivity contribution < 1.29 is 18.7 Å². The number of nitrogens with one attached hydrogen (secondary N) is 1. The Morgan fingerprint density at radius 1 is 1.18 bits per heavy atom. The number of carbonyl (C=O) groups excluding carboxylic acids is 2. The Kier molecular flexibility index (Phi) is 5.36. The Hall–Kier alpha value is -2.56. The Balaban J connectivity index is 1.71. The number of ether oxygens (including phenoxy) is 1. The molecule has 0 aliphatic rings.